The molecule has 2 aromatic heterocycles. The smallest absolute Gasteiger partial charge is 0.225 e. The Labute approximate surface area is 163 Å². The number of rotatable bonds is 7. The fraction of sp³-hybridized carbons (Fsp3) is 0.500. The molecule has 3 rings (SSSR count). The molecule has 2 heterocycles. The van der Waals surface area contributed by atoms with Crippen LogP contribution in [0.15, 0.2) is 8.68 Å². The van der Waals surface area contributed by atoms with Gasteiger partial charge in [0.15, 0.2) is 8.68 Å². The third kappa shape index (κ3) is 4.76. The van der Waals surface area contributed by atoms with Gasteiger partial charge in [0, 0.05) is 17.1 Å². The number of thioether (sulfide) groups is 2. The van der Waals surface area contributed by atoms with Crippen molar-refractivity contribution in [2.45, 2.75) is 47.7 Å². The standard InChI is InChI=1S/C16H18N4OS4/c1-2-22-15-19-20-16(25-15)23-8-7-13(21)18-14-11(9-17)10-5-3-4-6-12(10)24-14/h2-8H2,1H3,(H,18,21). The normalized spacial score (nSPS) is 13.3. The van der Waals surface area contributed by atoms with Crippen LogP contribution in [-0.4, -0.2) is 27.6 Å². The second-order valence-electron chi connectivity index (χ2n) is 5.44. The second kappa shape index (κ2) is 9.03. The van der Waals surface area contributed by atoms with Crippen LogP contribution in [0.25, 0.3) is 0 Å². The minimum Gasteiger partial charge on any atom is -0.317 e. The summed E-state index contributed by atoms with van der Waals surface area (Å²) in [6, 6.07) is 2.28. The lowest BCUT2D eigenvalue weighted by atomic mass is 9.96. The number of nitriles is 1. The highest BCUT2D eigenvalue weighted by atomic mass is 32.2. The van der Waals surface area contributed by atoms with Gasteiger partial charge in [-0.2, -0.15) is 5.26 Å². The minimum atomic E-state index is -0.0460. The molecule has 132 valence electrons. The average molecular weight is 411 g/mol. The number of nitrogens with zero attached hydrogens (tertiary/aromatic N) is 3. The largest absolute Gasteiger partial charge is 0.317 e. The van der Waals surface area contributed by atoms with Crippen molar-refractivity contribution in [1.29, 1.82) is 5.26 Å². The number of aromatic nitrogens is 2. The van der Waals surface area contributed by atoms with Crippen molar-refractivity contribution in [3.63, 3.8) is 0 Å². The molecule has 1 aliphatic carbocycles. The van der Waals surface area contributed by atoms with Gasteiger partial charge in [-0.25, -0.2) is 0 Å². The summed E-state index contributed by atoms with van der Waals surface area (Å²) in [4.78, 5) is 13.5. The van der Waals surface area contributed by atoms with Crippen LogP contribution in [0.2, 0.25) is 0 Å². The molecule has 5 nitrogen and oxygen atoms in total. The van der Waals surface area contributed by atoms with Crippen LogP contribution in [0.3, 0.4) is 0 Å². The van der Waals surface area contributed by atoms with Crippen molar-refractivity contribution in [1.82, 2.24) is 10.2 Å². The molecule has 0 radical (unpaired) electrons. The number of hydrogen-bond acceptors (Lipinski definition) is 8. The zero-order chi connectivity index (χ0) is 17.6. The summed E-state index contributed by atoms with van der Waals surface area (Å²) in [5.41, 5.74) is 1.82. The average Bonchev–Trinajstić information content (AvgIpc) is 3.19. The first kappa shape index (κ1) is 18.7. The van der Waals surface area contributed by atoms with Crippen LogP contribution in [0.5, 0.6) is 0 Å². The molecule has 1 N–H and O–H groups in total. The van der Waals surface area contributed by atoms with E-state index in [1.165, 1.54) is 11.3 Å². The van der Waals surface area contributed by atoms with Gasteiger partial charge in [-0.15, -0.1) is 21.5 Å². The Morgan fingerprint density at radius 1 is 1.24 bits per heavy atom. The number of thiophene rings is 1. The van der Waals surface area contributed by atoms with E-state index in [-0.39, 0.29) is 5.91 Å². The highest BCUT2D eigenvalue weighted by Crippen LogP contribution is 2.37. The summed E-state index contributed by atoms with van der Waals surface area (Å²) >= 11 is 6.37. The predicted molar refractivity (Wildman–Crippen MR) is 106 cm³/mol. The van der Waals surface area contributed by atoms with Crippen LogP contribution < -0.4 is 5.32 Å². The van der Waals surface area contributed by atoms with Crippen LogP contribution in [0.1, 0.15) is 42.2 Å². The lowest BCUT2D eigenvalue weighted by Gasteiger charge is -2.09. The Bertz CT molecular complexity index is 793. The number of aryl methyl sites for hydroxylation is 1. The van der Waals surface area contributed by atoms with Crippen LogP contribution in [0.4, 0.5) is 5.00 Å². The van der Waals surface area contributed by atoms with Gasteiger partial charge in [0.2, 0.25) is 5.91 Å². The van der Waals surface area contributed by atoms with Gasteiger partial charge in [-0.3, -0.25) is 4.79 Å². The molecule has 0 bridgehead atoms. The van der Waals surface area contributed by atoms with Gasteiger partial charge in [-0.05, 0) is 37.0 Å². The topological polar surface area (TPSA) is 78.7 Å². The van der Waals surface area contributed by atoms with E-state index in [1.54, 1.807) is 46.2 Å². The molecule has 0 aromatic carbocycles. The number of anilines is 1. The van der Waals surface area contributed by atoms with E-state index < -0.39 is 0 Å². The van der Waals surface area contributed by atoms with E-state index in [0.717, 1.165) is 44.3 Å². The molecule has 0 fully saturated rings. The predicted octanol–water partition coefficient (Wildman–Crippen LogP) is 4.58. The third-order valence-corrected chi connectivity index (χ3v) is 8.03. The van der Waals surface area contributed by atoms with Crippen LogP contribution >= 0.6 is 46.2 Å². The Hall–Kier alpha value is -1.08. The van der Waals surface area contributed by atoms with Gasteiger partial charge >= 0.3 is 0 Å². The molecule has 25 heavy (non-hydrogen) atoms. The first-order valence-corrected chi connectivity index (χ1v) is 11.7. The zero-order valence-corrected chi connectivity index (χ0v) is 17.1. The summed E-state index contributed by atoms with van der Waals surface area (Å²) < 4.78 is 1.87. The fourth-order valence-corrected chi connectivity index (χ4v) is 6.81. The fourth-order valence-electron chi connectivity index (χ4n) is 2.63. The highest BCUT2D eigenvalue weighted by Gasteiger charge is 2.21. The van der Waals surface area contributed by atoms with E-state index in [1.807, 2.05) is 0 Å². The van der Waals surface area contributed by atoms with Crippen molar-refractivity contribution in [3.05, 3.63) is 16.0 Å². The van der Waals surface area contributed by atoms with E-state index >= 15 is 0 Å². The lowest BCUT2D eigenvalue weighted by molar-refractivity contribution is -0.115. The highest BCUT2D eigenvalue weighted by molar-refractivity contribution is 8.03. The summed E-state index contributed by atoms with van der Waals surface area (Å²) in [5, 5.41) is 21.3. The van der Waals surface area contributed by atoms with Gasteiger partial charge in [0.1, 0.15) is 11.1 Å². The number of fused-ring (bicyclic) bond motifs is 1. The first-order chi connectivity index (χ1) is 12.2. The molecule has 0 saturated carbocycles. The second-order valence-corrected chi connectivity index (χ2v) is 10.4. The van der Waals surface area contributed by atoms with Gasteiger partial charge in [-0.1, -0.05) is 41.8 Å². The monoisotopic (exact) mass is 410 g/mol. The van der Waals surface area contributed by atoms with Crippen molar-refractivity contribution in [2.75, 3.05) is 16.8 Å². The number of carbonyl (C=O) groups excluding carboxylic acids is 1. The molecular weight excluding hydrogens is 392 g/mol. The molecule has 0 spiro atoms. The van der Waals surface area contributed by atoms with Crippen molar-refractivity contribution in [3.8, 4) is 6.07 Å². The Morgan fingerprint density at radius 2 is 2.00 bits per heavy atom. The van der Waals surface area contributed by atoms with E-state index in [4.69, 9.17) is 0 Å². The zero-order valence-electron chi connectivity index (χ0n) is 13.8. The maximum Gasteiger partial charge on any atom is 0.225 e. The van der Waals surface area contributed by atoms with Crippen molar-refractivity contribution < 1.29 is 4.79 Å². The maximum atomic E-state index is 12.2. The van der Waals surface area contributed by atoms with Crippen molar-refractivity contribution in [2.24, 2.45) is 0 Å². The molecular formula is C16H18N4OS4. The van der Waals surface area contributed by atoms with Crippen LogP contribution in [0, 0.1) is 11.3 Å². The summed E-state index contributed by atoms with van der Waals surface area (Å²) in [6.07, 6.45) is 4.67. The Balaban J connectivity index is 1.52. The Kier molecular flexibility index (Phi) is 6.76. The molecule has 2 aromatic rings. The summed E-state index contributed by atoms with van der Waals surface area (Å²) in [5.74, 6) is 1.59. The van der Waals surface area contributed by atoms with E-state index in [9.17, 15) is 10.1 Å². The molecule has 0 aliphatic heterocycles. The third-order valence-electron chi connectivity index (χ3n) is 3.75. The molecule has 1 amide bonds. The number of carbonyl (C=O) groups is 1. The quantitative estimate of drug-likeness (QED) is 0.673. The molecule has 1 aliphatic rings. The maximum absolute atomic E-state index is 12.2. The number of hydrogen-bond donors (Lipinski definition) is 1. The molecule has 0 unspecified atom stereocenters. The SMILES string of the molecule is CCSc1nnc(SCCC(=O)Nc2sc3c(c2C#N)CCCC3)s1. The van der Waals surface area contributed by atoms with Crippen LogP contribution in [-0.2, 0) is 17.6 Å². The van der Waals surface area contributed by atoms with E-state index in [2.05, 4.69) is 28.5 Å². The van der Waals surface area contributed by atoms with E-state index in [0.29, 0.717) is 17.7 Å². The summed E-state index contributed by atoms with van der Waals surface area (Å²) in [6.45, 7) is 2.08. The van der Waals surface area contributed by atoms with Gasteiger partial charge < -0.3 is 5.32 Å². The number of nitrogens with one attached hydrogen (secondary N) is 1. The number of amides is 1. The lowest BCUT2D eigenvalue weighted by Crippen LogP contribution is -2.12. The molecule has 9 heteroatoms. The Morgan fingerprint density at radius 3 is 2.76 bits per heavy atom. The summed E-state index contributed by atoms with van der Waals surface area (Å²) in [7, 11) is 0. The van der Waals surface area contributed by atoms with Gasteiger partial charge in [0.05, 0.1) is 5.56 Å². The van der Waals surface area contributed by atoms with Gasteiger partial charge in [0.25, 0.3) is 0 Å². The van der Waals surface area contributed by atoms with Crippen molar-refractivity contribution >= 4 is 57.1 Å². The molecule has 0 saturated heterocycles. The first-order valence-electron chi connectivity index (χ1n) is 8.14. The molecule has 0 atom stereocenters. The minimum absolute atomic E-state index is 0.0460.